The van der Waals surface area contributed by atoms with E-state index in [0.29, 0.717) is 12.6 Å². The van der Waals surface area contributed by atoms with Crippen molar-refractivity contribution >= 4 is 5.91 Å². The SMILES string of the molecule is CCN(CC)C(C)CNC(=O)COc1ccc(C)cc1. The lowest BCUT2D eigenvalue weighted by molar-refractivity contribution is -0.123. The molecule has 1 unspecified atom stereocenters. The van der Waals surface area contributed by atoms with Crippen molar-refractivity contribution in [2.45, 2.75) is 33.7 Å². The topological polar surface area (TPSA) is 41.6 Å². The highest BCUT2D eigenvalue weighted by molar-refractivity contribution is 5.77. The molecule has 0 saturated heterocycles. The van der Waals surface area contributed by atoms with Gasteiger partial charge in [-0.05, 0) is 39.1 Å². The summed E-state index contributed by atoms with van der Waals surface area (Å²) < 4.78 is 5.44. The van der Waals surface area contributed by atoms with Crippen LogP contribution in [0, 0.1) is 6.92 Å². The average molecular weight is 278 g/mol. The summed E-state index contributed by atoms with van der Waals surface area (Å²) in [6.45, 7) is 11.1. The molecule has 1 aromatic carbocycles. The van der Waals surface area contributed by atoms with E-state index >= 15 is 0 Å². The van der Waals surface area contributed by atoms with Crippen molar-refractivity contribution in [1.82, 2.24) is 10.2 Å². The molecule has 0 spiro atoms. The van der Waals surface area contributed by atoms with Crippen molar-refractivity contribution in [2.24, 2.45) is 0 Å². The molecule has 4 heteroatoms. The number of aryl methyl sites for hydroxylation is 1. The van der Waals surface area contributed by atoms with Gasteiger partial charge in [-0.1, -0.05) is 31.5 Å². The molecule has 0 aliphatic rings. The number of hydrogen-bond acceptors (Lipinski definition) is 3. The van der Waals surface area contributed by atoms with E-state index in [4.69, 9.17) is 4.74 Å². The van der Waals surface area contributed by atoms with Crippen molar-refractivity contribution in [3.63, 3.8) is 0 Å². The number of benzene rings is 1. The molecule has 0 radical (unpaired) electrons. The van der Waals surface area contributed by atoms with Crippen molar-refractivity contribution < 1.29 is 9.53 Å². The molecule has 4 nitrogen and oxygen atoms in total. The highest BCUT2D eigenvalue weighted by atomic mass is 16.5. The van der Waals surface area contributed by atoms with E-state index in [-0.39, 0.29) is 12.5 Å². The van der Waals surface area contributed by atoms with Gasteiger partial charge in [0.05, 0.1) is 0 Å². The minimum absolute atomic E-state index is 0.0635. The molecule has 20 heavy (non-hydrogen) atoms. The first-order valence-electron chi connectivity index (χ1n) is 7.27. The molecular weight excluding hydrogens is 252 g/mol. The molecular formula is C16H26N2O2. The minimum Gasteiger partial charge on any atom is -0.484 e. The number of likely N-dealkylation sites (N-methyl/N-ethyl adjacent to an activating group) is 1. The second-order valence-corrected chi connectivity index (χ2v) is 4.98. The van der Waals surface area contributed by atoms with Crippen LogP contribution in [0.2, 0.25) is 0 Å². The maximum Gasteiger partial charge on any atom is 0.257 e. The van der Waals surface area contributed by atoms with Crippen molar-refractivity contribution in [3.8, 4) is 5.75 Å². The molecule has 0 aliphatic heterocycles. The van der Waals surface area contributed by atoms with Crippen LogP contribution in [0.15, 0.2) is 24.3 Å². The molecule has 1 rings (SSSR count). The average Bonchev–Trinajstić information content (AvgIpc) is 2.45. The van der Waals surface area contributed by atoms with Crippen LogP contribution in [0.25, 0.3) is 0 Å². The van der Waals surface area contributed by atoms with E-state index in [0.717, 1.165) is 18.8 Å². The summed E-state index contributed by atoms with van der Waals surface area (Å²) in [6.07, 6.45) is 0. The molecule has 0 heterocycles. The van der Waals surface area contributed by atoms with Gasteiger partial charge in [0.15, 0.2) is 6.61 Å². The molecule has 112 valence electrons. The Kier molecular flexibility index (Phi) is 7.09. The molecule has 0 aliphatic carbocycles. The minimum atomic E-state index is -0.0791. The van der Waals surface area contributed by atoms with Crippen LogP contribution in [0.1, 0.15) is 26.3 Å². The van der Waals surface area contributed by atoms with Gasteiger partial charge in [-0.3, -0.25) is 9.69 Å². The first-order valence-corrected chi connectivity index (χ1v) is 7.27. The van der Waals surface area contributed by atoms with Crippen LogP contribution in [-0.2, 0) is 4.79 Å². The zero-order valence-electron chi connectivity index (χ0n) is 13.0. The molecule has 1 N–H and O–H groups in total. The summed E-state index contributed by atoms with van der Waals surface area (Å²) in [5, 5.41) is 2.91. The summed E-state index contributed by atoms with van der Waals surface area (Å²) in [5.74, 6) is 0.645. The van der Waals surface area contributed by atoms with Gasteiger partial charge in [-0.15, -0.1) is 0 Å². The van der Waals surface area contributed by atoms with Gasteiger partial charge < -0.3 is 10.1 Å². The fraction of sp³-hybridized carbons (Fsp3) is 0.562. The highest BCUT2D eigenvalue weighted by Crippen LogP contribution is 2.10. The van der Waals surface area contributed by atoms with Gasteiger partial charge in [-0.25, -0.2) is 0 Å². The van der Waals surface area contributed by atoms with Crippen LogP contribution in [0.5, 0.6) is 5.75 Å². The normalized spacial score (nSPS) is 12.2. The van der Waals surface area contributed by atoms with E-state index in [9.17, 15) is 4.79 Å². The molecule has 0 saturated carbocycles. The Balaban J connectivity index is 2.28. The molecule has 0 bridgehead atoms. The Bertz CT molecular complexity index is 399. The highest BCUT2D eigenvalue weighted by Gasteiger charge is 2.11. The van der Waals surface area contributed by atoms with Crippen LogP contribution in [-0.4, -0.2) is 43.1 Å². The number of carbonyl (C=O) groups excluding carboxylic acids is 1. The first kappa shape index (κ1) is 16.5. The zero-order valence-corrected chi connectivity index (χ0v) is 13.0. The molecule has 0 aromatic heterocycles. The number of nitrogens with zero attached hydrogens (tertiary/aromatic N) is 1. The van der Waals surface area contributed by atoms with E-state index in [1.165, 1.54) is 5.56 Å². The van der Waals surface area contributed by atoms with Gasteiger partial charge in [0, 0.05) is 12.6 Å². The first-order chi connectivity index (χ1) is 9.56. The number of amides is 1. The maximum atomic E-state index is 11.7. The number of rotatable bonds is 8. The van der Waals surface area contributed by atoms with Crippen molar-refractivity contribution in [3.05, 3.63) is 29.8 Å². The Hall–Kier alpha value is -1.55. The molecule has 1 atom stereocenters. The number of ether oxygens (including phenoxy) is 1. The van der Waals surface area contributed by atoms with Crippen LogP contribution < -0.4 is 10.1 Å². The summed E-state index contributed by atoms with van der Waals surface area (Å²) in [7, 11) is 0. The summed E-state index contributed by atoms with van der Waals surface area (Å²) in [6, 6.07) is 8.03. The fourth-order valence-corrected chi connectivity index (χ4v) is 2.07. The molecule has 1 aromatic rings. The summed E-state index contributed by atoms with van der Waals surface area (Å²) >= 11 is 0. The summed E-state index contributed by atoms with van der Waals surface area (Å²) in [4.78, 5) is 14.0. The molecule has 0 fully saturated rings. The van der Waals surface area contributed by atoms with E-state index in [1.54, 1.807) is 0 Å². The third kappa shape index (κ3) is 5.61. The number of nitrogens with one attached hydrogen (secondary N) is 1. The fourth-order valence-electron chi connectivity index (χ4n) is 2.07. The lowest BCUT2D eigenvalue weighted by Crippen LogP contribution is -2.43. The Labute approximate surface area is 122 Å². The Morgan fingerprint density at radius 3 is 2.40 bits per heavy atom. The second kappa shape index (κ2) is 8.59. The predicted octanol–water partition coefficient (Wildman–Crippen LogP) is 2.22. The predicted molar refractivity (Wildman–Crippen MR) is 82.1 cm³/mol. The van der Waals surface area contributed by atoms with E-state index in [2.05, 4.69) is 31.0 Å². The monoisotopic (exact) mass is 278 g/mol. The summed E-state index contributed by atoms with van der Waals surface area (Å²) in [5.41, 5.74) is 1.18. The van der Waals surface area contributed by atoms with Crippen LogP contribution in [0.4, 0.5) is 0 Å². The zero-order chi connectivity index (χ0) is 15.0. The van der Waals surface area contributed by atoms with Gasteiger partial charge in [0.25, 0.3) is 5.91 Å². The van der Waals surface area contributed by atoms with Crippen LogP contribution in [0.3, 0.4) is 0 Å². The maximum absolute atomic E-state index is 11.7. The Morgan fingerprint density at radius 2 is 1.85 bits per heavy atom. The van der Waals surface area contributed by atoms with Gasteiger partial charge >= 0.3 is 0 Å². The largest absolute Gasteiger partial charge is 0.484 e. The Morgan fingerprint density at radius 1 is 1.25 bits per heavy atom. The lowest BCUT2D eigenvalue weighted by Gasteiger charge is -2.26. The number of hydrogen-bond donors (Lipinski definition) is 1. The standard InChI is InChI=1S/C16H26N2O2/c1-5-18(6-2)14(4)11-17-16(19)12-20-15-9-7-13(3)8-10-15/h7-10,14H,5-6,11-12H2,1-4H3,(H,17,19). The van der Waals surface area contributed by atoms with Crippen molar-refractivity contribution in [2.75, 3.05) is 26.2 Å². The quantitative estimate of drug-likeness (QED) is 0.793. The van der Waals surface area contributed by atoms with Crippen molar-refractivity contribution in [1.29, 1.82) is 0 Å². The molecule has 1 amide bonds. The van der Waals surface area contributed by atoms with Crippen LogP contribution >= 0.6 is 0 Å². The number of carbonyl (C=O) groups is 1. The van der Waals surface area contributed by atoms with Gasteiger partial charge in [0.1, 0.15) is 5.75 Å². The third-order valence-corrected chi connectivity index (χ3v) is 3.42. The second-order valence-electron chi connectivity index (χ2n) is 4.98. The van der Waals surface area contributed by atoms with Gasteiger partial charge in [-0.2, -0.15) is 0 Å². The lowest BCUT2D eigenvalue weighted by atomic mass is 10.2. The van der Waals surface area contributed by atoms with E-state index < -0.39 is 0 Å². The smallest absolute Gasteiger partial charge is 0.257 e. The third-order valence-electron chi connectivity index (χ3n) is 3.42. The van der Waals surface area contributed by atoms with Gasteiger partial charge in [0.2, 0.25) is 0 Å². The van der Waals surface area contributed by atoms with E-state index in [1.807, 2.05) is 31.2 Å².